The van der Waals surface area contributed by atoms with Gasteiger partial charge in [0.05, 0.1) is 0 Å². The van der Waals surface area contributed by atoms with Crippen molar-refractivity contribution in [3.63, 3.8) is 0 Å². The SMILES string of the molecule is Cc1ccc(NC(=O)OCc2ccccc2)c(=O)n1C(C)C(=O)O. The van der Waals surface area contributed by atoms with Gasteiger partial charge in [-0.3, -0.25) is 14.7 Å². The molecule has 0 saturated carbocycles. The zero-order valence-corrected chi connectivity index (χ0v) is 13.4. The Balaban J connectivity index is 2.12. The number of rotatable bonds is 5. The van der Waals surface area contributed by atoms with Crippen LogP contribution in [-0.2, 0) is 16.1 Å². The van der Waals surface area contributed by atoms with Crippen molar-refractivity contribution in [2.45, 2.75) is 26.5 Å². The quantitative estimate of drug-likeness (QED) is 0.878. The molecule has 1 aromatic heterocycles. The van der Waals surface area contributed by atoms with E-state index in [4.69, 9.17) is 9.84 Å². The van der Waals surface area contributed by atoms with Gasteiger partial charge in [-0.1, -0.05) is 30.3 Å². The lowest BCUT2D eigenvalue weighted by molar-refractivity contribution is -0.140. The van der Waals surface area contributed by atoms with E-state index in [0.29, 0.717) is 5.69 Å². The van der Waals surface area contributed by atoms with E-state index in [0.717, 1.165) is 10.1 Å². The molecule has 1 unspecified atom stereocenters. The normalized spacial score (nSPS) is 11.6. The van der Waals surface area contributed by atoms with E-state index in [1.165, 1.54) is 13.0 Å². The first-order valence-electron chi connectivity index (χ1n) is 7.33. The number of carboxylic acids is 1. The maximum Gasteiger partial charge on any atom is 0.412 e. The molecule has 1 heterocycles. The van der Waals surface area contributed by atoms with Gasteiger partial charge < -0.3 is 9.84 Å². The fraction of sp³-hybridized carbons (Fsp3) is 0.235. The molecule has 24 heavy (non-hydrogen) atoms. The summed E-state index contributed by atoms with van der Waals surface area (Å²) in [6.45, 7) is 3.09. The first-order chi connectivity index (χ1) is 11.4. The summed E-state index contributed by atoms with van der Waals surface area (Å²) in [5.74, 6) is -1.14. The van der Waals surface area contributed by atoms with Gasteiger partial charge in [0.15, 0.2) is 0 Å². The van der Waals surface area contributed by atoms with Crippen LogP contribution in [0.4, 0.5) is 10.5 Å². The Labute approximate surface area is 138 Å². The van der Waals surface area contributed by atoms with Crippen molar-refractivity contribution >= 4 is 17.7 Å². The molecular formula is C17H18N2O5. The Morgan fingerprint density at radius 3 is 2.50 bits per heavy atom. The highest BCUT2D eigenvalue weighted by atomic mass is 16.5. The molecular weight excluding hydrogens is 312 g/mol. The van der Waals surface area contributed by atoms with E-state index in [-0.39, 0.29) is 12.3 Å². The van der Waals surface area contributed by atoms with Crippen molar-refractivity contribution in [3.05, 3.63) is 64.1 Å². The van der Waals surface area contributed by atoms with Gasteiger partial charge in [-0.25, -0.2) is 9.59 Å². The number of pyridine rings is 1. The number of aliphatic carboxylic acids is 1. The highest BCUT2D eigenvalue weighted by Crippen LogP contribution is 2.11. The molecule has 0 radical (unpaired) electrons. The first kappa shape index (κ1) is 17.3. The Morgan fingerprint density at radius 2 is 1.88 bits per heavy atom. The second-order valence-corrected chi connectivity index (χ2v) is 5.26. The fourth-order valence-electron chi connectivity index (χ4n) is 2.20. The molecule has 0 aliphatic heterocycles. The Kier molecular flexibility index (Phi) is 5.36. The maximum atomic E-state index is 12.4. The largest absolute Gasteiger partial charge is 0.480 e. The predicted molar refractivity (Wildman–Crippen MR) is 88.0 cm³/mol. The molecule has 7 nitrogen and oxygen atoms in total. The average molecular weight is 330 g/mol. The molecule has 2 rings (SSSR count). The topological polar surface area (TPSA) is 97.6 Å². The predicted octanol–water partition coefficient (Wildman–Crippen LogP) is 2.55. The molecule has 0 bridgehead atoms. The van der Waals surface area contributed by atoms with Crippen LogP contribution in [-0.4, -0.2) is 21.7 Å². The number of nitrogens with zero attached hydrogens (tertiary/aromatic N) is 1. The highest BCUT2D eigenvalue weighted by molar-refractivity contribution is 5.84. The first-order valence-corrected chi connectivity index (χ1v) is 7.33. The highest BCUT2D eigenvalue weighted by Gasteiger charge is 2.19. The molecule has 0 aliphatic carbocycles. The summed E-state index contributed by atoms with van der Waals surface area (Å²) in [5.41, 5.74) is 0.667. The summed E-state index contributed by atoms with van der Waals surface area (Å²) < 4.78 is 6.16. The number of anilines is 1. The number of nitrogens with one attached hydrogen (secondary N) is 1. The number of carbonyl (C=O) groups is 2. The van der Waals surface area contributed by atoms with E-state index in [1.807, 2.05) is 18.2 Å². The number of carbonyl (C=O) groups excluding carboxylic acids is 1. The van der Waals surface area contributed by atoms with E-state index < -0.39 is 23.7 Å². The molecule has 2 aromatic rings. The van der Waals surface area contributed by atoms with Crippen LogP contribution in [0.15, 0.2) is 47.3 Å². The van der Waals surface area contributed by atoms with Crippen LogP contribution in [0.25, 0.3) is 0 Å². The summed E-state index contributed by atoms with van der Waals surface area (Å²) in [4.78, 5) is 35.3. The minimum atomic E-state index is -1.14. The molecule has 1 amide bonds. The number of aryl methyl sites for hydroxylation is 1. The lowest BCUT2D eigenvalue weighted by Gasteiger charge is -2.16. The third kappa shape index (κ3) is 4.01. The van der Waals surface area contributed by atoms with Gasteiger partial charge in [0.2, 0.25) is 0 Å². The van der Waals surface area contributed by atoms with E-state index in [1.54, 1.807) is 25.1 Å². The second-order valence-electron chi connectivity index (χ2n) is 5.26. The van der Waals surface area contributed by atoms with Gasteiger partial charge >= 0.3 is 12.1 Å². The standard InChI is InChI=1S/C17H18N2O5/c1-11-8-9-14(15(20)19(11)12(2)16(21)22)18-17(23)24-10-13-6-4-3-5-7-13/h3-9,12H,10H2,1-2H3,(H,18,23)(H,21,22). The Morgan fingerprint density at radius 1 is 1.21 bits per heavy atom. The van der Waals surface area contributed by atoms with Crippen molar-refractivity contribution < 1.29 is 19.4 Å². The summed E-state index contributed by atoms with van der Waals surface area (Å²) in [6.07, 6.45) is -0.783. The van der Waals surface area contributed by atoms with Crippen LogP contribution < -0.4 is 10.9 Å². The smallest absolute Gasteiger partial charge is 0.412 e. The van der Waals surface area contributed by atoms with Gasteiger partial charge in [0.1, 0.15) is 18.3 Å². The van der Waals surface area contributed by atoms with Gasteiger partial charge in [-0.2, -0.15) is 0 Å². The zero-order valence-electron chi connectivity index (χ0n) is 13.4. The number of amides is 1. The van der Waals surface area contributed by atoms with Crippen LogP contribution in [0.2, 0.25) is 0 Å². The zero-order chi connectivity index (χ0) is 17.7. The number of carboxylic acid groups (broad SMARTS) is 1. The minimum absolute atomic E-state index is 0.0354. The number of hydrogen-bond acceptors (Lipinski definition) is 4. The van der Waals surface area contributed by atoms with Crippen LogP contribution >= 0.6 is 0 Å². The molecule has 0 spiro atoms. The van der Waals surface area contributed by atoms with Crippen molar-refractivity contribution in [1.82, 2.24) is 4.57 Å². The molecule has 2 N–H and O–H groups in total. The summed E-state index contributed by atoms with van der Waals surface area (Å²) >= 11 is 0. The molecule has 1 atom stereocenters. The third-order valence-corrected chi connectivity index (χ3v) is 3.51. The fourth-order valence-corrected chi connectivity index (χ4v) is 2.20. The number of aromatic nitrogens is 1. The van der Waals surface area contributed by atoms with Gasteiger partial charge in [-0.05, 0) is 31.5 Å². The third-order valence-electron chi connectivity index (χ3n) is 3.51. The summed E-state index contributed by atoms with van der Waals surface area (Å²) in [7, 11) is 0. The van der Waals surface area contributed by atoms with Gasteiger partial charge in [0, 0.05) is 5.69 Å². The molecule has 0 aliphatic rings. The maximum absolute atomic E-state index is 12.4. The van der Waals surface area contributed by atoms with E-state index in [2.05, 4.69) is 5.32 Å². The Hall–Kier alpha value is -3.09. The van der Waals surface area contributed by atoms with Crippen molar-refractivity contribution in [2.75, 3.05) is 5.32 Å². The number of ether oxygens (including phenoxy) is 1. The monoisotopic (exact) mass is 330 g/mol. The van der Waals surface area contributed by atoms with Crippen LogP contribution in [0.3, 0.4) is 0 Å². The van der Waals surface area contributed by atoms with Crippen LogP contribution in [0, 0.1) is 6.92 Å². The minimum Gasteiger partial charge on any atom is -0.480 e. The van der Waals surface area contributed by atoms with Gasteiger partial charge in [0.25, 0.3) is 5.56 Å². The molecule has 126 valence electrons. The molecule has 1 aromatic carbocycles. The van der Waals surface area contributed by atoms with Crippen LogP contribution in [0.1, 0.15) is 24.2 Å². The lowest BCUT2D eigenvalue weighted by atomic mass is 10.2. The lowest BCUT2D eigenvalue weighted by Crippen LogP contribution is -2.32. The summed E-state index contributed by atoms with van der Waals surface area (Å²) in [5, 5.41) is 11.5. The second kappa shape index (κ2) is 7.45. The Bertz CT molecular complexity index is 798. The number of benzene rings is 1. The van der Waals surface area contributed by atoms with Crippen molar-refractivity contribution in [1.29, 1.82) is 0 Å². The van der Waals surface area contributed by atoms with Gasteiger partial charge in [-0.15, -0.1) is 0 Å². The van der Waals surface area contributed by atoms with Crippen LogP contribution in [0.5, 0.6) is 0 Å². The molecule has 0 fully saturated rings. The molecule has 7 heteroatoms. The van der Waals surface area contributed by atoms with E-state index >= 15 is 0 Å². The molecule has 0 saturated heterocycles. The van der Waals surface area contributed by atoms with E-state index in [9.17, 15) is 14.4 Å². The van der Waals surface area contributed by atoms with Crippen molar-refractivity contribution in [3.8, 4) is 0 Å². The summed E-state index contributed by atoms with van der Waals surface area (Å²) in [6, 6.07) is 11.0. The average Bonchev–Trinajstić information content (AvgIpc) is 2.56. The number of hydrogen-bond donors (Lipinski definition) is 2. The van der Waals surface area contributed by atoms with Crippen molar-refractivity contribution in [2.24, 2.45) is 0 Å².